The third kappa shape index (κ3) is 3.42. The molecule has 20 heavy (non-hydrogen) atoms. The molecule has 0 unspecified atom stereocenters. The second kappa shape index (κ2) is 5.83. The van der Waals surface area contributed by atoms with Gasteiger partial charge in [-0.05, 0) is 38.1 Å². The van der Waals surface area contributed by atoms with Gasteiger partial charge in [-0.25, -0.2) is 0 Å². The van der Waals surface area contributed by atoms with Gasteiger partial charge in [0.05, 0.1) is 5.71 Å². The largest absolute Gasteiger partial charge is 0.358 e. The van der Waals surface area contributed by atoms with Crippen molar-refractivity contribution in [3.63, 3.8) is 0 Å². The summed E-state index contributed by atoms with van der Waals surface area (Å²) in [6.45, 7) is 3.54. The molecule has 104 valence electrons. The summed E-state index contributed by atoms with van der Waals surface area (Å²) in [7, 11) is -3.88. The molecule has 0 amide bonds. The number of hydrogen-bond donors (Lipinski definition) is 0. The van der Waals surface area contributed by atoms with E-state index in [4.69, 9.17) is 4.28 Å². The molecule has 0 saturated carbocycles. The lowest BCUT2D eigenvalue weighted by atomic mass is 10.2. The Kier molecular flexibility index (Phi) is 4.14. The highest BCUT2D eigenvalue weighted by Crippen LogP contribution is 2.14. The van der Waals surface area contributed by atoms with Gasteiger partial charge in [-0.2, -0.15) is 8.42 Å². The summed E-state index contributed by atoms with van der Waals surface area (Å²) in [5.74, 6) is 0. The van der Waals surface area contributed by atoms with Gasteiger partial charge in [0.1, 0.15) is 4.90 Å². The molecular weight excluding hydrogens is 276 g/mol. The summed E-state index contributed by atoms with van der Waals surface area (Å²) < 4.78 is 28.6. The molecule has 0 aliphatic heterocycles. The Morgan fingerprint density at radius 1 is 1.10 bits per heavy atom. The van der Waals surface area contributed by atoms with E-state index in [2.05, 4.69) is 10.1 Å². The number of hydrogen-bond acceptors (Lipinski definition) is 5. The first-order valence-corrected chi connectivity index (χ1v) is 7.35. The van der Waals surface area contributed by atoms with Crippen LogP contribution in [0.15, 0.2) is 58.8 Å². The van der Waals surface area contributed by atoms with E-state index < -0.39 is 10.1 Å². The van der Waals surface area contributed by atoms with E-state index in [1.165, 1.54) is 12.1 Å². The van der Waals surface area contributed by atoms with Crippen molar-refractivity contribution >= 4 is 15.8 Å². The van der Waals surface area contributed by atoms with Crippen molar-refractivity contribution in [2.24, 2.45) is 5.16 Å². The number of aromatic nitrogens is 1. The van der Waals surface area contributed by atoms with Gasteiger partial charge in [-0.3, -0.25) is 9.27 Å². The number of oxime groups is 1. The fraction of sp³-hybridized carbons (Fsp3) is 0.143. The summed E-state index contributed by atoms with van der Waals surface area (Å²) in [5, 5.41) is 3.67. The van der Waals surface area contributed by atoms with Crippen LogP contribution in [0.1, 0.15) is 18.1 Å². The van der Waals surface area contributed by atoms with Crippen LogP contribution in [0.2, 0.25) is 0 Å². The monoisotopic (exact) mass is 290 g/mol. The van der Waals surface area contributed by atoms with E-state index >= 15 is 0 Å². The molecule has 2 rings (SSSR count). The minimum atomic E-state index is -3.88. The van der Waals surface area contributed by atoms with Crippen LogP contribution in [0.5, 0.6) is 0 Å². The molecule has 0 N–H and O–H groups in total. The molecule has 0 aliphatic carbocycles. The molecule has 1 aromatic carbocycles. The third-order valence-electron chi connectivity index (χ3n) is 2.68. The minimum Gasteiger partial charge on any atom is -0.265 e. The zero-order valence-corrected chi connectivity index (χ0v) is 12.0. The van der Waals surface area contributed by atoms with Crippen molar-refractivity contribution in [1.29, 1.82) is 0 Å². The number of aryl methyl sites for hydroxylation is 1. The summed E-state index contributed by atoms with van der Waals surface area (Å²) in [5.41, 5.74) is 2.18. The maximum atomic E-state index is 11.9. The zero-order valence-electron chi connectivity index (χ0n) is 11.1. The molecule has 1 heterocycles. The Morgan fingerprint density at radius 3 is 2.30 bits per heavy atom. The number of rotatable bonds is 4. The SMILES string of the molecule is C/C(=N\OS(=O)(=O)c1ccc(C)cc1)c1ccncc1. The molecule has 6 heteroatoms. The van der Waals surface area contributed by atoms with E-state index in [0.29, 0.717) is 5.71 Å². The topological polar surface area (TPSA) is 68.6 Å². The molecule has 0 spiro atoms. The first kappa shape index (κ1) is 14.2. The number of nitrogens with zero attached hydrogens (tertiary/aromatic N) is 2. The fourth-order valence-electron chi connectivity index (χ4n) is 1.50. The van der Waals surface area contributed by atoms with Crippen molar-refractivity contribution in [3.8, 4) is 0 Å². The predicted molar refractivity (Wildman–Crippen MR) is 75.9 cm³/mol. The van der Waals surface area contributed by atoms with Crippen molar-refractivity contribution in [3.05, 3.63) is 59.9 Å². The Bertz CT molecular complexity index is 708. The molecule has 1 aromatic heterocycles. The van der Waals surface area contributed by atoms with Crippen LogP contribution in [0.3, 0.4) is 0 Å². The number of benzene rings is 1. The van der Waals surface area contributed by atoms with E-state index in [9.17, 15) is 8.42 Å². The van der Waals surface area contributed by atoms with Crippen LogP contribution >= 0.6 is 0 Å². The molecule has 0 fully saturated rings. The van der Waals surface area contributed by atoms with Gasteiger partial charge in [-0.1, -0.05) is 22.9 Å². The van der Waals surface area contributed by atoms with Gasteiger partial charge in [0.15, 0.2) is 0 Å². The van der Waals surface area contributed by atoms with Crippen LogP contribution < -0.4 is 0 Å². The third-order valence-corrected chi connectivity index (χ3v) is 3.80. The summed E-state index contributed by atoms with van der Waals surface area (Å²) in [4.78, 5) is 3.96. The maximum absolute atomic E-state index is 11.9. The van der Waals surface area contributed by atoms with Crippen LogP contribution in [0, 0.1) is 6.92 Å². The predicted octanol–water partition coefficient (Wildman–Crippen LogP) is 2.52. The fourth-order valence-corrected chi connectivity index (χ4v) is 2.26. The minimum absolute atomic E-state index is 0.0781. The smallest absolute Gasteiger partial charge is 0.265 e. The average Bonchev–Trinajstić information content (AvgIpc) is 2.46. The van der Waals surface area contributed by atoms with Crippen LogP contribution in [0.25, 0.3) is 0 Å². The van der Waals surface area contributed by atoms with Crippen molar-refractivity contribution in [1.82, 2.24) is 4.98 Å². The highest BCUT2D eigenvalue weighted by Gasteiger charge is 2.15. The summed E-state index contributed by atoms with van der Waals surface area (Å²) >= 11 is 0. The van der Waals surface area contributed by atoms with E-state index in [-0.39, 0.29) is 4.90 Å². The van der Waals surface area contributed by atoms with Gasteiger partial charge in [0, 0.05) is 18.0 Å². The zero-order chi connectivity index (χ0) is 14.6. The normalized spacial score (nSPS) is 12.2. The molecule has 0 saturated heterocycles. The van der Waals surface area contributed by atoms with Gasteiger partial charge in [0.25, 0.3) is 0 Å². The standard InChI is InChI=1S/C14H14N2O3S/c1-11-3-5-14(6-4-11)20(17,18)19-16-12(2)13-7-9-15-10-8-13/h3-10H,1-2H3/b16-12+. The Hall–Kier alpha value is -2.21. The summed E-state index contributed by atoms with van der Waals surface area (Å²) in [6.07, 6.45) is 3.20. The Labute approximate surface area is 118 Å². The average molecular weight is 290 g/mol. The van der Waals surface area contributed by atoms with Gasteiger partial charge in [0.2, 0.25) is 0 Å². The maximum Gasteiger partial charge on any atom is 0.358 e. The Morgan fingerprint density at radius 2 is 1.70 bits per heavy atom. The number of pyridine rings is 1. The van der Waals surface area contributed by atoms with Crippen LogP contribution in [-0.2, 0) is 14.4 Å². The van der Waals surface area contributed by atoms with Gasteiger partial charge < -0.3 is 0 Å². The molecular formula is C14H14N2O3S. The van der Waals surface area contributed by atoms with Gasteiger partial charge >= 0.3 is 10.1 Å². The first-order chi connectivity index (χ1) is 9.49. The van der Waals surface area contributed by atoms with Crippen LogP contribution in [-0.4, -0.2) is 19.1 Å². The van der Waals surface area contributed by atoms with E-state index in [0.717, 1.165) is 11.1 Å². The highest BCUT2D eigenvalue weighted by atomic mass is 32.2. The first-order valence-electron chi connectivity index (χ1n) is 5.94. The lowest BCUT2D eigenvalue weighted by Gasteiger charge is -2.03. The summed E-state index contributed by atoms with van der Waals surface area (Å²) in [6, 6.07) is 9.83. The van der Waals surface area contributed by atoms with Crippen molar-refractivity contribution in [2.45, 2.75) is 18.7 Å². The van der Waals surface area contributed by atoms with Crippen molar-refractivity contribution in [2.75, 3.05) is 0 Å². The highest BCUT2D eigenvalue weighted by molar-refractivity contribution is 7.86. The molecule has 0 aliphatic rings. The lowest BCUT2D eigenvalue weighted by Crippen LogP contribution is -2.05. The Balaban J connectivity index is 2.19. The second-order valence-corrected chi connectivity index (χ2v) is 5.78. The molecule has 0 atom stereocenters. The van der Waals surface area contributed by atoms with Crippen LogP contribution in [0.4, 0.5) is 0 Å². The van der Waals surface area contributed by atoms with Gasteiger partial charge in [-0.15, -0.1) is 0 Å². The molecule has 2 aromatic rings. The molecule has 5 nitrogen and oxygen atoms in total. The quantitative estimate of drug-likeness (QED) is 0.641. The van der Waals surface area contributed by atoms with E-state index in [1.807, 2.05) is 6.92 Å². The van der Waals surface area contributed by atoms with Crippen molar-refractivity contribution < 1.29 is 12.7 Å². The molecule has 0 radical (unpaired) electrons. The lowest BCUT2D eigenvalue weighted by molar-refractivity contribution is 0.339. The van der Waals surface area contributed by atoms with E-state index in [1.54, 1.807) is 43.6 Å². The second-order valence-electron chi connectivity index (χ2n) is 4.25. The molecule has 0 bridgehead atoms.